The Kier molecular flexibility index (Phi) is 4.61. The summed E-state index contributed by atoms with van der Waals surface area (Å²) in [6.45, 7) is 2.71. The van der Waals surface area contributed by atoms with E-state index in [2.05, 4.69) is 5.43 Å². The predicted molar refractivity (Wildman–Crippen MR) is 52.9 cm³/mol. The second-order valence-corrected chi connectivity index (χ2v) is 3.05. The minimum absolute atomic E-state index is 0.318. The number of rotatable bonds is 5. The van der Waals surface area contributed by atoms with Crippen molar-refractivity contribution in [2.75, 3.05) is 13.2 Å². The van der Waals surface area contributed by atoms with Crippen molar-refractivity contribution in [3.63, 3.8) is 0 Å². The van der Waals surface area contributed by atoms with Gasteiger partial charge in [-0.1, -0.05) is 6.07 Å². The molecule has 0 bridgehead atoms. The number of halogens is 2. The molecule has 0 saturated carbocycles. The lowest BCUT2D eigenvalue weighted by molar-refractivity contribution is 0.123. The van der Waals surface area contributed by atoms with Crippen molar-refractivity contribution in [3.05, 3.63) is 35.4 Å². The van der Waals surface area contributed by atoms with Crippen LogP contribution in [0.4, 0.5) is 8.78 Å². The Bertz CT molecular complexity index is 320. The Hall–Kier alpha value is -1.04. The average Bonchev–Trinajstić information content (AvgIpc) is 2.24. The summed E-state index contributed by atoms with van der Waals surface area (Å²) in [4.78, 5) is 0. The average molecular weight is 216 g/mol. The van der Waals surface area contributed by atoms with Crippen LogP contribution >= 0.6 is 0 Å². The van der Waals surface area contributed by atoms with E-state index in [1.54, 1.807) is 0 Å². The molecule has 0 amide bonds. The summed E-state index contributed by atoms with van der Waals surface area (Å²) in [6.07, 6.45) is 0. The van der Waals surface area contributed by atoms with Crippen LogP contribution in [0.3, 0.4) is 0 Å². The van der Waals surface area contributed by atoms with E-state index in [9.17, 15) is 8.78 Å². The van der Waals surface area contributed by atoms with Crippen molar-refractivity contribution in [3.8, 4) is 0 Å². The Morgan fingerprint density at radius 3 is 2.67 bits per heavy atom. The molecule has 3 nitrogen and oxygen atoms in total. The number of hydrogen-bond acceptors (Lipinski definition) is 3. The van der Waals surface area contributed by atoms with Gasteiger partial charge in [0.1, 0.15) is 0 Å². The zero-order chi connectivity index (χ0) is 11.3. The first kappa shape index (κ1) is 12.0. The molecule has 1 aromatic carbocycles. The normalized spacial score (nSPS) is 12.8. The second kappa shape index (κ2) is 5.75. The molecule has 0 spiro atoms. The molecule has 1 atom stereocenters. The maximum atomic E-state index is 12.9. The fraction of sp³-hybridized carbons (Fsp3) is 0.400. The quantitative estimate of drug-likeness (QED) is 0.579. The van der Waals surface area contributed by atoms with Crippen LogP contribution in [-0.4, -0.2) is 13.2 Å². The van der Waals surface area contributed by atoms with Gasteiger partial charge in [0.25, 0.3) is 0 Å². The van der Waals surface area contributed by atoms with Crippen molar-refractivity contribution in [1.29, 1.82) is 0 Å². The smallest absolute Gasteiger partial charge is 0.159 e. The molecule has 0 fully saturated rings. The van der Waals surface area contributed by atoms with Crippen LogP contribution in [-0.2, 0) is 4.74 Å². The highest BCUT2D eigenvalue weighted by Crippen LogP contribution is 2.16. The third-order valence-corrected chi connectivity index (χ3v) is 2.04. The zero-order valence-corrected chi connectivity index (χ0v) is 8.47. The molecule has 5 heteroatoms. The van der Waals surface area contributed by atoms with Gasteiger partial charge in [-0.15, -0.1) is 0 Å². The molecule has 0 heterocycles. The molecule has 15 heavy (non-hydrogen) atoms. The van der Waals surface area contributed by atoms with Gasteiger partial charge in [0.15, 0.2) is 11.6 Å². The van der Waals surface area contributed by atoms with Crippen molar-refractivity contribution >= 4 is 0 Å². The van der Waals surface area contributed by atoms with Crippen molar-refractivity contribution in [2.45, 2.75) is 13.0 Å². The number of nitrogens with two attached hydrogens (primary N) is 1. The van der Waals surface area contributed by atoms with Gasteiger partial charge >= 0.3 is 0 Å². The Labute approximate surface area is 87.2 Å². The molecule has 0 aliphatic heterocycles. The van der Waals surface area contributed by atoms with Gasteiger partial charge in [0.2, 0.25) is 0 Å². The second-order valence-electron chi connectivity index (χ2n) is 3.05. The van der Waals surface area contributed by atoms with E-state index in [1.807, 2.05) is 6.92 Å². The van der Waals surface area contributed by atoms with Crippen LogP contribution in [0.25, 0.3) is 0 Å². The lowest BCUT2D eigenvalue weighted by atomic mass is 10.1. The first-order valence-corrected chi connectivity index (χ1v) is 4.67. The van der Waals surface area contributed by atoms with E-state index in [0.29, 0.717) is 18.8 Å². The van der Waals surface area contributed by atoms with Crippen LogP contribution in [0, 0.1) is 11.6 Å². The first-order chi connectivity index (χ1) is 7.19. The molecule has 3 N–H and O–H groups in total. The van der Waals surface area contributed by atoms with E-state index in [1.165, 1.54) is 6.07 Å². The van der Waals surface area contributed by atoms with E-state index in [4.69, 9.17) is 10.6 Å². The molecule has 0 radical (unpaired) electrons. The summed E-state index contributed by atoms with van der Waals surface area (Å²) < 4.78 is 30.7. The van der Waals surface area contributed by atoms with Crippen molar-refractivity contribution < 1.29 is 13.5 Å². The zero-order valence-electron chi connectivity index (χ0n) is 8.47. The molecule has 0 aromatic heterocycles. The van der Waals surface area contributed by atoms with Gasteiger partial charge in [0, 0.05) is 6.61 Å². The minimum Gasteiger partial charge on any atom is -0.380 e. The summed E-state index contributed by atoms with van der Waals surface area (Å²) in [7, 11) is 0. The fourth-order valence-corrected chi connectivity index (χ4v) is 1.21. The standard InChI is InChI=1S/C10H14F2N2O/c1-2-15-6-10(14-13)7-3-4-8(11)9(12)5-7/h3-5,10,14H,2,6,13H2,1H3. The third kappa shape index (κ3) is 3.23. The minimum atomic E-state index is -0.885. The van der Waals surface area contributed by atoms with Gasteiger partial charge in [-0.25, -0.2) is 8.78 Å². The highest BCUT2D eigenvalue weighted by Gasteiger charge is 2.12. The summed E-state index contributed by atoms with van der Waals surface area (Å²) in [5.74, 6) is 3.53. The van der Waals surface area contributed by atoms with Gasteiger partial charge in [-0.3, -0.25) is 11.3 Å². The predicted octanol–water partition coefficient (Wildman–Crippen LogP) is 1.51. The lowest BCUT2D eigenvalue weighted by Gasteiger charge is -2.16. The van der Waals surface area contributed by atoms with E-state index < -0.39 is 11.6 Å². The van der Waals surface area contributed by atoms with Crippen molar-refractivity contribution in [1.82, 2.24) is 5.43 Å². The number of hydrogen-bond donors (Lipinski definition) is 2. The van der Waals surface area contributed by atoms with Gasteiger partial charge < -0.3 is 4.74 Å². The molecule has 1 rings (SSSR count). The SMILES string of the molecule is CCOCC(NN)c1ccc(F)c(F)c1. The third-order valence-electron chi connectivity index (χ3n) is 2.04. The molecule has 0 aliphatic rings. The maximum Gasteiger partial charge on any atom is 0.159 e. The molecule has 0 aliphatic carbocycles. The van der Waals surface area contributed by atoms with E-state index in [-0.39, 0.29) is 6.04 Å². The number of hydrazine groups is 1. The Morgan fingerprint density at radius 2 is 2.13 bits per heavy atom. The monoisotopic (exact) mass is 216 g/mol. The largest absolute Gasteiger partial charge is 0.380 e. The highest BCUT2D eigenvalue weighted by atomic mass is 19.2. The highest BCUT2D eigenvalue weighted by molar-refractivity contribution is 5.21. The van der Waals surface area contributed by atoms with Crippen LogP contribution in [0.1, 0.15) is 18.5 Å². The molecule has 1 unspecified atom stereocenters. The Balaban J connectivity index is 2.78. The van der Waals surface area contributed by atoms with Crippen LogP contribution in [0.2, 0.25) is 0 Å². The van der Waals surface area contributed by atoms with Crippen LogP contribution < -0.4 is 11.3 Å². The van der Waals surface area contributed by atoms with Crippen LogP contribution in [0.5, 0.6) is 0 Å². The van der Waals surface area contributed by atoms with Gasteiger partial charge in [0.05, 0.1) is 12.6 Å². The van der Waals surface area contributed by atoms with Gasteiger partial charge in [-0.05, 0) is 24.6 Å². The first-order valence-electron chi connectivity index (χ1n) is 4.67. The number of nitrogens with one attached hydrogen (secondary N) is 1. The summed E-state index contributed by atoms with van der Waals surface area (Å²) >= 11 is 0. The number of ether oxygens (including phenoxy) is 1. The Morgan fingerprint density at radius 1 is 1.40 bits per heavy atom. The van der Waals surface area contributed by atoms with Crippen molar-refractivity contribution in [2.24, 2.45) is 5.84 Å². The molecule has 84 valence electrons. The topological polar surface area (TPSA) is 47.3 Å². The van der Waals surface area contributed by atoms with E-state index in [0.717, 1.165) is 12.1 Å². The fourth-order valence-electron chi connectivity index (χ4n) is 1.21. The van der Waals surface area contributed by atoms with Gasteiger partial charge in [-0.2, -0.15) is 0 Å². The summed E-state index contributed by atoms with van der Waals surface area (Å²) in [5, 5.41) is 0. The molecule has 0 saturated heterocycles. The molecule has 1 aromatic rings. The molecular formula is C10H14F2N2O. The van der Waals surface area contributed by atoms with Crippen LogP contribution in [0.15, 0.2) is 18.2 Å². The maximum absolute atomic E-state index is 12.9. The molecular weight excluding hydrogens is 202 g/mol. The lowest BCUT2D eigenvalue weighted by Crippen LogP contribution is -2.31. The summed E-state index contributed by atoms with van der Waals surface area (Å²) in [6, 6.07) is 3.32. The van der Waals surface area contributed by atoms with E-state index >= 15 is 0 Å². The summed E-state index contributed by atoms with van der Waals surface area (Å²) in [5.41, 5.74) is 3.05. The number of benzene rings is 1.